The van der Waals surface area contributed by atoms with E-state index in [0.29, 0.717) is 0 Å². The molecule has 0 heterocycles. The summed E-state index contributed by atoms with van der Waals surface area (Å²) in [5.74, 6) is -0.435. The van der Waals surface area contributed by atoms with Gasteiger partial charge in [-0.2, -0.15) is 0 Å². The van der Waals surface area contributed by atoms with Crippen LogP contribution in [-0.2, 0) is 16.1 Å². The third-order valence-corrected chi connectivity index (χ3v) is 1.35. The Bertz CT molecular complexity index is 137. The zero-order valence-corrected chi connectivity index (χ0v) is 6.57. The highest BCUT2D eigenvalue weighted by molar-refractivity contribution is 7.77. The second-order valence-corrected chi connectivity index (χ2v) is 2.54. The van der Waals surface area contributed by atoms with Crippen LogP contribution in [0.1, 0.15) is 26.2 Å². The summed E-state index contributed by atoms with van der Waals surface area (Å²) in [4.78, 5) is 10.5. The highest BCUT2D eigenvalue weighted by Crippen LogP contribution is 1.92. The molecule has 0 aromatic carbocycles. The van der Waals surface area contributed by atoms with E-state index in [-0.39, 0.29) is 6.42 Å². The smallest absolute Gasteiger partial charge is 0.230 e. The number of rotatable bonds is 4. The molecule has 0 aromatic heterocycles. The molecule has 0 radical (unpaired) electrons. The molecule has 0 rings (SSSR count). The standard InChI is InChI=1S/C5H11NO3S/c1-2-3-4-5(7)6-10(8)9/h2-4H2,1H3,(H,6,7)(H,8,9)/p-1. The lowest BCUT2D eigenvalue weighted by molar-refractivity contribution is -0.119. The average Bonchev–Trinajstić information content (AvgIpc) is 1.82. The molecule has 1 N–H and O–H groups in total. The maximum Gasteiger partial charge on any atom is 0.230 e. The minimum Gasteiger partial charge on any atom is -0.755 e. The van der Waals surface area contributed by atoms with E-state index in [4.69, 9.17) is 0 Å². The van der Waals surface area contributed by atoms with Gasteiger partial charge in [-0.05, 0) is 6.42 Å². The van der Waals surface area contributed by atoms with Gasteiger partial charge in [-0.3, -0.25) is 13.7 Å². The van der Waals surface area contributed by atoms with E-state index in [1.54, 1.807) is 4.72 Å². The van der Waals surface area contributed by atoms with Gasteiger partial charge in [0.05, 0.1) is 0 Å². The van der Waals surface area contributed by atoms with Crippen molar-refractivity contribution in [1.82, 2.24) is 4.72 Å². The monoisotopic (exact) mass is 164 g/mol. The van der Waals surface area contributed by atoms with E-state index in [1.807, 2.05) is 6.92 Å². The van der Waals surface area contributed by atoms with Crippen LogP contribution in [0.15, 0.2) is 0 Å². The Morgan fingerprint density at radius 3 is 2.70 bits per heavy atom. The minimum atomic E-state index is -2.45. The summed E-state index contributed by atoms with van der Waals surface area (Å²) in [5.41, 5.74) is 0. The van der Waals surface area contributed by atoms with Crippen LogP contribution in [0.4, 0.5) is 0 Å². The van der Waals surface area contributed by atoms with Gasteiger partial charge in [-0.15, -0.1) is 0 Å². The Kier molecular flexibility index (Phi) is 5.15. The van der Waals surface area contributed by atoms with Gasteiger partial charge in [0.1, 0.15) is 0 Å². The second-order valence-electron chi connectivity index (χ2n) is 1.86. The zero-order chi connectivity index (χ0) is 7.98. The summed E-state index contributed by atoms with van der Waals surface area (Å²) < 4.78 is 21.4. The molecular weight excluding hydrogens is 154 g/mol. The second kappa shape index (κ2) is 5.37. The number of unbranched alkanes of at least 4 members (excludes halogenated alkanes) is 1. The van der Waals surface area contributed by atoms with Crippen LogP contribution >= 0.6 is 0 Å². The number of hydrogen-bond acceptors (Lipinski definition) is 3. The molecule has 0 saturated heterocycles. The van der Waals surface area contributed by atoms with Crippen LogP contribution in [0, 0.1) is 0 Å². The highest BCUT2D eigenvalue weighted by atomic mass is 32.2. The molecule has 0 aliphatic carbocycles. The Morgan fingerprint density at radius 2 is 2.30 bits per heavy atom. The first-order chi connectivity index (χ1) is 4.66. The van der Waals surface area contributed by atoms with Crippen LogP contribution in [0.3, 0.4) is 0 Å². The Labute approximate surface area is 62.4 Å². The van der Waals surface area contributed by atoms with E-state index < -0.39 is 17.2 Å². The number of amides is 1. The van der Waals surface area contributed by atoms with Crippen molar-refractivity contribution >= 4 is 17.2 Å². The fourth-order valence-electron chi connectivity index (χ4n) is 0.481. The van der Waals surface area contributed by atoms with Crippen molar-refractivity contribution in [3.05, 3.63) is 0 Å². The number of carbonyl (C=O) groups excluding carboxylic acids is 1. The van der Waals surface area contributed by atoms with Crippen molar-refractivity contribution < 1.29 is 13.6 Å². The Balaban J connectivity index is 3.35. The van der Waals surface area contributed by atoms with Crippen molar-refractivity contribution in [3.63, 3.8) is 0 Å². The molecule has 4 nitrogen and oxygen atoms in total. The average molecular weight is 164 g/mol. The molecule has 1 unspecified atom stereocenters. The SMILES string of the molecule is CCCCC(=O)NS(=O)[O-]. The van der Waals surface area contributed by atoms with Gasteiger partial charge in [-0.25, -0.2) is 0 Å². The van der Waals surface area contributed by atoms with Crippen LogP contribution in [0.2, 0.25) is 0 Å². The molecule has 0 bridgehead atoms. The first kappa shape index (κ1) is 9.58. The molecule has 0 spiro atoms. The predicted octanol–water partition coefficient (Wildman–Crippen LogP) is 0.0869. The van der Waals surface area contributed by atoms with Crippen LogP contribution in [0.25, 0.3) is 0 Å². The van der Waals surface area contributed by atoms with Crippen molar-refractivity contribution in [2.45, 2.75) is 26.2 Å². The van der Waals surface area contributed by atoms with Crippen LogP contribution in [-0.4, -0.2) is 14.7 Å². The van der Waals surface area contributed by atoms with Crippen molar-refractivity contribution in [1.29, 1.82) is 0 Å². The molecule has 10 heavy (non-hydrogen) atoms. The fraction of sp³-hybridized carbons (Fsp3) is 0.800. The predicted molar refractivity (Wildman–Crippen MR) is 36.6 cm³/mol. The normalized spacial score (nSPS) is 12.6. The van der Waals surface area contributed by atoms with E-state index in [9.17, 15) is 13.6 Å². The number of nitrogens with one attached hydrogen (secondary N) is 1. The third-order valence-electron chi connectivity index (χ3n) is 0.955. The quantitative estimate of drug-likeness (QED) is 0.598. The molecule has 0 fully saturated rings. The van der Waals surface area contributed by atoms with Gasteiger partial charge in [0.2, 0.25) is 5.91 Å². The number of carbonyl (C=O) groups is 1. The largest absolute Gasteiger partial charge is 0.755 e. The molecule has 0 aliphatic rings. The van der Waals surface area contributed by atoms with Gasteiger partial charge in [-0.1, -0.05) is 13.3 Å². The van der Waals surface area contributed by atoms with Crippen molar-refractivity contribution in [2.75, 3.05) is 0 Å². The molecule has 0 saturated carbocycles. The summed E-state index contributed by atoms with van der Waals surface area (Å²) in [6, 6.07) is 0. The molecular formula is C5H10NO3S-. The third kappa shape index (κ3) is 5.71. The molecule has 1 amide bonds. The van der Waals surface area contributed by atoms with Gasteiger partial charge >= 0.3 is 0 Å². The molecule has 0 aromatic rings. The van der Waals surface area contributed by atoms with Crippen molar-refractivity contribution in [3.8, 4) is 0 Å². The van der Waals surface area contributed by atoms with E-state index in [1.165, 1.54) is 0 Å². The zero-order valence-electron chi connectivity index (χ0n) is 5.75. The van der Waals surface area contributed by atoms with Gasteiger partial charge in [0.15, 0.2) is 0 Å². The van der Waals surface area contributed by atoms with E-state index >= 15 is 0 Å². The minimum absolute atomic E-state index is 0.282. The van der Waals surface area contributed by atoms with Crippen LogP contribution in [0.5, 0.6) is 0 Å². The summed E-state index contributed by atoms with van der Waals surface area (Å²) in [7, 11) is 0. The van der Waals surface area contributed by atoms with Gasteiger partial charge < -0.3 is 4.55 Å². The first-order valence-electron chi connectivity index (χ1n) is 3.05. The lowest BCUT2D eigenvalue weighted by atomic mass is 10.2. The fourth-order valence-corrected chi connectivity index (χ4v) is 0.769. The molecule has 0 aliphatic heterocycles. The topological polar surface area (TPSA) is 69.2 Å². The van der Waals surface area contributed by atoms with E-state index in [0.717, 1.165) is 12.8 Å². The highest BCUT2D eigenvalue weighted by Gasteiger charge is 1.97. The summed E-state index contributed by atoms with van der Waals surface area (Å²) >= 11 is -2.45. The Morgan fingerprint density at radius 1 is 1.70 bits per heavy atom. The lowest BCUT2D eigenvalue weighted by Crippen LogP contribution is -2.24. The molecule has 1 atom stereocenters. The van der Waals surface area contributed by atoms with Crippen LogP contribution < -0.4 is 4.72 Å². The maximum atomic E-state index is 10.5. The number of hydrogen-bond donors (Lipinski definition) is 1. The first-order valence-corrected chi connectivity index (χ1v) is 4.13. The van der Waals surface area contributed by atoms with E-state index in [2.05, 4.69) is 0 Å². The van der Waals surface area contributed by atoms with Gasteiger partial charge in [0.25, 0.3) is 0 Å². The Hall–Kier alpha value is -0.420. The van der Waals surface area contributed by atoms with Crippen molar-refractivity contribution in [2.24, 2.45) is 0 Å². The lowest BCUT2D eigenvalue weighted by Gasteiger charge is -2.05. The molecule has 5 heteroatoms. The summed E-state index contributed by atoms with van der Waals surface area (Å²) in [5, 5.41) is 0. The summed E-state index contributed by atoms with van der Waals surface area (Å²) in [6.07, 6.45) is 1.90. The summed E-state index contributed by atoms with van der Waals surface area (Å²) in [6.45, 7) is 1.93. The van der Waals surface area contributed by atoms with Gasteiger partial charge in [0, 0.05) is 17.7 Å². The molecule has 60 valence electrons. The maximum absolute atomic E-state index is 10.5.